The number of benzene rings is 1. The number of likely N-dealkylation sites (tertiary alicyclic amines) is 1. The molecule has 2 atom stereocenters. The van der Waals surface area contributed by atoms with Gasteiger partial charge in [0.15, 0.2) is 0 Å². The van der Waals surface area contributed by atoms with E-state index >= 15 is 0 Å². The summed E-state index contributed by atoms with van der Waals surface area (Å²) in [6, 6.07) is 8.78. The Hall–Kier alpha value is -1.39. The maximum Gasteiger partial charge on any atom is 0.249 e. The van der Waals surface area contributed by atoms with Crippen LogP contribution in [0.5, 0.6) is 0 Å². The minimum atomic E-state index is -0.240. The van der Waals surface area contributed by atoms with Crippen LogP contribution in [0.1, 0.15) is 42.9 Å². The molecule has 0 aromatic heterocycles. The van der Waals surface area contributed by atoms with Gasteiger partial charge in [0.05, 0.1) is 6.04 Å². The monoisotopic (exact) mass is 302 g/mol. The average molecular weight is 302 g/mol. The Bertz CT molecular complexity index is 506. The highest BCUT2D eigenvalue weighted by Crippen LogP contribution is 2.27. The van der Waals surface area contributed by atoms with Crippen LogP contribution in [0.15, 0.2) is 24.3 Å². The van der Waals surface area contributed by atoms with Gasteiger partial charge < -0.3 is 10.1 Å². The summed E-state index contributed by atoms with van der Waals surface area (Å²) in [6.07, 6.45) is 4.11. The van der Waals surface area contributed by atoms with Crippen molar-refractivity contribution in [3.05, 3.63) is 35.4 Å². The Balaban J connectivity index is 1.68. The van der Waals surface area contributed by atoms with Crippen molar-refractivity contribution in [3.63, 3.8) is 0 Å². The number of nitrogens with zero attached hydrogens (tertiary/aromatic N) is 1. The number of hydrogen-bond acceptors (Lipinski definition) is 3. The molecule has 120 valence electrons. The molecule has 4 heteroatoms. The van der Waals surface area contributed by atoms with Gasteiger partial charge in [0, 0.05) is 13.2 Å². The molecule has 2 heterocycles. The second kappa shape index (κ2) is 7.25. The van der Waals surface area contributed by atoms with Gasteiger partial charge in [-0.2, -0.15) is 0 Å². The fraction of sp³-hybridized carbons (Fsp3) is 0.611. The number of rotatable bonds is 5. The summed E-state index contributed by atoms with van der Waals surface area (Å²) < 4.78 is 5.48. The first-order valence-electron chi connectivity index (χ1n) is 8.44. The number of hydrogen-bond donors (Lipinski definition) is 1. The molecule has 0 bridgehead atoms. The number of ether oxygens (including phenoxy) is 1. The van der Waals surface area contributed by atoms with Crippen LogP contribution >= 0.6 is 0 Å². The highest BCUT2D eigenvalue weighted by molar-refractivity contribution is 5.81. The van der Waals surface area contributed by atoms with Crippen LogP contribution < -0.4 is 5.32 Å². The first-order valence-corrected chi connectivity index (χ1v) is 8.44. The van der Waals surface area contributed by atoms with E-state index in [0.29, 0.717) is 13.2 Å². The van der Waals surface area contributed by atoms with Gasteiger partial charge in [-0.3, -0.25) is 9.69 Å². The highest BCUT2D eigenvalue weighted by Gasteiger charge is 2.28. The van der Waals surface area contributed by atoms with Gasteiger partial charge in [0.25, 0.3) is 0 Å². The Kier molecular flexibility index (Phi) is 5.11. The molecular weight excluding hydrogens is 276 g/mol. The summed E-state index contributed by atoms with van der Waals surface area (Å²) in [5, 5.41) is 3.12. The molecule has 3 rings (SSSR count). The fourth-order valence-electron chi connectivity index (χ4n) is 3.55. The molecule has 0 radical (unpaired) electrons. The van der Waals surface area contributed by atoms with Crippen molar-refractivity contribution < 1.29 is 9.53 Å². The van der Waals surface area contributed by atoms with Crippen molar-refractivity contribution in [2.75, 3.05) is 26.2 Å². The maximum atomic E-state index is 12.2. The van der Waals surface area contributed by atoms with E-state index in [1.54, 1.807) is 0 Å². The quantitative estimate of drug-likeness (QED) is 0.908. The van der Waals surface area contributed by atoms with Crippen LogP contribution in [0.25, 0.3) is 0 Å². The number of carbonyl (C=O) groups excluding carboxylic acids is 1. The zero-order chi connectivity index (χ0) is 15.4. The van der Waals surface area contributed by atoms with Crippen LogP contribution in [0.2, 0.25) is 0 Å². The lowest BCUT2D eigenvalue weighted by atomic mass is 10.00. The Morgan fingerprint density at radius 3 is 2.77 bits per heavy atom. The van der Waals surface area contributed by atoms with E-state index in [9.17, 15) is 4.79 Å². The average Bonchev–Trinajstić information content (AvgIpc) is 3.22. The normalized spacial score (nSPS) is 23.6. The summed E-state index contributed by atoms with van der Waals surface area (Å²) in [7, 11) is 0. The SMILES string of the molecule is Cc1ccccc1C(CNC(=O)C1CCCO1)N1CCCC1. The van der Waals surface area contributed by atoms with Crippen LogP contribution in [0.3, 0.4) is 0 Å². The molecule has 1 aromatic rings. The summed E-state index contributed by atoms with van der Waals surface area (Å²) >= 11 is 0. The number of aryl methyl sites for hydroxylation is 1. The molecule has 2 aliphatic rings. The van der Waals surface area contributed by atoms with E-state index in [1.807, 2.05) is 0 Å². The standard InChI is InChI=1S/C18H26N2O2/c1-14-7-2-3-8-15(14)16(20-10-4-5-11-20)13-19-18(21)17-9-6-12-22-17/h2-3,7-8,16-17H,4-6,9-13H2,1H3,(H,19,21). The van der Waals surface area contributed by atoms with Gasteiger partial charge in [-0.1, -0.05) is 24.3 Å². The molecule has 4 nitrogen and oxygen atoms in total. The van der Waals surface area contributed by atoms with Crippen LogP contribution in [0.4, 0.5) is 0 Å². The van der Waals surface area contributed by atoms with Crippen LogP contribution in [-0.4, -0.2) is 43.2 Å². The molecule has 1 aromatic carbocycles. The van der Waals surface area contributed by atoms with Crippen molar-refractivity contribution in [2.24, 2.45) is 0 Å². The molecule has 2 aliphatic heterocycles. The van der Waals surface area contributed by atoms with E-state index in [2.05, 4.69) is 41.4 Å². The van der Waals surface area contributed by atoms with Crippen molar-refractivity contribution in [1.82, 2.24) is 10.2 Å². The lowest BCUT2D eigenvalue weighted by molar-refractivity contribution is -0.130. The first-order chi connectivity index (χ1) is 10.8. The van der Waals surface area contributed by atoms with Gasteiger partial charge in [-0.25, -0.2) is 0 Å². The van der Waals surface area contributed by atoms with E-state index in [4.69, 9.17) is 4.74 Å². The third-order valence-corrected chi connectivity index (χ3v) is 4.82. The molecule has 0 spiro atoms. The van der Waals surface area contributed by atoms with Crippen molar-refractivity contribution in [2.45, 2.75) is 44.8 Å². The van der Waals surface area contributed by atoms with Crippen molar-refractivity contribution in [3.8, 4) is 0 Å². The maximum absolute atomic E-state index is 12.2. The zero-order valence-electron chi connectivity index (χ0n) is 13.4. The Morgan fingerprint density at radius 2 is 2.09 bits per heavy atom. The van der Waals surface area contributed by atoms with Crippen molar-refractivity contribution >= 4 is 5.91 Å². The molecule has 22 heavy (non-hydrogen) atoms. The number of carbonyl (C=O) groups is 1. The molecule has 1 N–H and O–H groups in total. The molecular formula is C18H26N2O2. The van der Waals surface area contributed by atoms with Gasteiger partial charge >= 0.3 is 0 Å². The molecule has 0 saturated carbocycles. The lowest BCUT2D eigenvalue weighted by Crippen LogP contribution is -2.41. The largest absolute Gasteiger partial charge is 0.368 e. The molecule has 2 unspecified atom stereocenters. The van der Waals surface area contributed by atoms with E-state index < -0.39 is 0 Å². The highest BCUT2D eigenvalue weighted by atomic mass is 16.5. The number of amides is 1. The smallest absolute Gasteiger partial charge is 0.249 e. The van der Waals surface area contributed by atoms with Crippen LogP contribution in [0, 0.1) is 6.92 Å². The summed E-state index contributed by atoms with van der Waals surface area (Å²) in [5.74, 6) is 0.0512. The lowest BCUT2D eigenvalue weighted by Gasteiger charge is -2.29. The van der Waals surface area contributed by atoms with Gasteiger partial charge in [-0.05, 0) is 56.8 Å². The van der Waals surface area contributed by atoms with E-state index in [0.717, 1.165) is 25.9 Å². The van der Waals surface area contributed by atoms with Gasteiger partial charge in [-0.15, -0.1) is 0 Å². The molecule has 2 saturated heterocycles. The zero-order valence-corrected chi connectivity index (χ0v) is 13.4. The molecule has 1 amide bonds. The van der Waals surface area contributed by atoms with Gasteiger partial charge in [0.2, 0.25) is 5.91 Å². The second-order valence-electron chi connectivity index (χ2n) is 6.36. The topological polar surface area (TPSA) is 41.6 Å². The van der Waals surface area contributed by atoms with Crippen LogP contribution in [-0.2, 0) is 9.53 Å². The molecule has 2 fully saturated rings. The summed E-state index contributed by atoms with van der Waals surface area (Å²) in [5.41, 5.74) is 2.63. The third kappa shape index (κ3) is 3.50. The second-order valence-corrected chi connectivity index (χ2v) is 6.36. The van der Waals surface area contributed by atoms with E-state index in [-0.39, 0.29) is 18.1 Å². The minimum absolute atomic E-state index is 0.0512. The van der Waals surface area contributed by atoms with Crippen molar-refractivity contribution in [1.29, 1.82) is 0 Å². The third-order valence-electron chi connectivity index (χ3n) is 4.82. The van der Waals surface area contributed by atoms with E-state index in [1.165, 1.54) is 24.0 Å². The number of nitrogens with one attached hydrogen (secondary N) is 1. The fourth-order valence-corrected chi connectivity index (χ4v) is 3.55. The summed E-state index contributed by atoms with van der Waals surface area (Å²) in [4.78, 5) is 14.7. The summed E-state index contributed by atoms with van der Waals surface area (Å²) in [6.45, 7) is 5.78. The van der Waals surface area contributed by atoms with Gasteiger partial charge in [0.1, 0.15) is 6.10 Å². The minimum Gasteiger partial charge on any atom is -0.368 e. The Labute approximate surface area is 132 Å². The predicted molar refractivity (Wildman–Crippen MR) is 86.7 cm³/mol. The predicted octanol–water partition coefficient (Wildman–Crippen LogP) is 2.43. The molecule has 0 aliphatic carbocycles. The Morgan fingerprint density at radius 1 is 1.32 bits per heavy atom. The first kappa shape index (κ1) is 15.5.